The molecule has 1 aliphatic heterocycles. The van der Waals surface area contributed by atoms with Gasteiger partial charge in [0.1, 0.15) is 5.78 Å². The van der Waals surface area contributed by atoms with Crippen LogP contribution in [0.2, 0.25) is 0 Å². The molecular weight excluding hydrogens is 388 g/mol. The van der Waals surface area contributed by atoms with E-state index in [1.54, 1.807) is 11.9 Å². The average molecular weight is 427 g/mol. The predicted molar refractivity (Wildman–Crippen MR) is 124 cm³/mol. The fourth-order valence-corrected chi connectivity index (χ4v) is 5.12. The van der Waals surface area contributed by atoms with Crippen molar-refractivity contribution >= 4 is 23.3 Å². The van der Waals surface area contributed by atoms with E-state index in [4.69, 9.17) is 0 Å². The van der Waals surface area contributed by atoms with E-state index in [-0.39, 0.29) is 29.6 Å². The fraction of sp³-hybridized carbons (Fsp3) is 0.654. The molecule has 1 aromatic carbocycles. The Morgan fingerprint density at radius 3 is 2.61 bits per heavy atom. The summed E-state index contributed by atoms with van der Waals surface area (Å²) in [6, 6.07) is 5.67. The lowest BCUT2D eigenvalue weighted by Crippen LogP contribution is -2.32. The van der Waals surface area contributed by atoms with Crippen LogP contribution in [0.25, 0.3) is 0 Å². The zero-order chi connectivity index (χ0) is 22.4. The molecule has 1 aliphatic carbocycles. The number of nitrogens with one attached hydrogen (secondary N) is 1. The number of amides is 2. The number of Topliss-reactive ketones (excluding diaryl/α,β-unsaturated/α-hetero) is 1. The molecule has 2 aliphatic rings. The topological polar surface area (TPSA) is 66.5 Å². The predicted octanol–water partition coefficient (Wildman–Crippen LogP) is 5.23. The van der Waals surface area contributed by atoms with Crippen LogP contribution in [-0.2, 0) is 9.59 Å². The highest BCUT2D eigenvalue weighted by atomic mass is 16.2. The number of carbonyl (C=O) groups excluding carboxylic acids is 3. The molecule has 2 unspecified atom stereocenters. The minimum Gasteiger partial charge on any atom is -0.352 e. The van der Waals surface area contributed by atoms with Gasteiger partial charge in [-0.2, -0.15) is 0 Å². The van der Waals surface area contributed by atoms with E-state index in [0.717, 1.165) is 62.6 Å². The van der Waals surface area contributed by atoms with Crippen molar-refractivity contribution in [1.29, 1.82) is 0 Å². The molecule has 1 heterocycles. The van der Waals surface area contributed by atoms with E-state index in [1.165, 1.54) is 0 Å². The van der Waals surface area contributed by atoms with Crippen LogP contribution >= 0.6 is 0 Å². The molecule has 0 aromatic heterocycles. The van der Waals surface area contributed by atoms with E-state index < -0.39 is 0 Å². The Kier molecular flexibility index (Phi) is 8.28. The molecule has 1 saturated carbocycles. The first-order valence-corrected chi connectivity index (χ1v) is 12.1. The van der Waals surface area contributed by atoms with E-state index in [2.05, 4.69) is 19.2 Å². The third kappa shape index (κ3) is 5.96. The average Bonchev–Trinajstić information content (AvgIpc) is 3.29. The maximum Gasteiger partial charge on any atom is 0.251 e. The number of hydrogen-bond donors (Lipinski definition) is 1. The highest BCUT2D eigenvalue weighted by Crippen LogP contribution is 2.40. The number of hydrogen-bond acceptors (Lipinski definition) is 3. The first-order chi connectivity index (χ1) is 14.9. The molecule has 2 amide bonds. The molecule has 1 aromatic rings. The normalized spacial score (nSPS) is 22.0. The van der Waals surface area contributed by atoms with Gasteiger partial charge < -0.3 is 10.2 Å². The van der Waals surface area contributed by atoms with Crippen LogP contribution in [0.5, 0.6) is 0 Å². The van der Waals surface area contributed by atoms with Crippen molar-refractivity contribution in [2.24, 2.45) is 11.8 Å². The quantitative estimate of drug-likeness (QED) is 0.579. The number of ketones is 1. The number of nitrogens with zero attached hydrogens (tertiary/aromatic N) is 1. The van der Waals surface area contributed by atoms with Crippen LogP contribution < -0.4 is 10.2 Å². The first-order valence-electron chi connectivity index (χ1n) is 12.1. The summed E-state index contributed by atoms with van der Waals surface area (Å²) in [5.74, 6) is 0.856. The van der Waals surface area contributed by atoms with E-state index in [1.807, 2.05) is 18.2 Å². The molecule has 0 spiro atoms. The summed E-state index contributed by atoms with van der Waals surface area (Å²) in [4.78, 5) is 40.1. The monoisotopic (exact) mass is 426 g/mol. The Bertz CT molecular complexity index is 798. The number of unbranched alkanes of at least 4 members (excludes halogenated alkanes) is 2. The molecule has 31 heavy (non-hydrogen) atoms. The summed E-state index contributed by atoms with van der Waals surface area (Å²) in [6.07, 6.45) is 9.35. The van der Waals surface area contributed by atoms with Crippen molar-refractivity contribution in [3.05, 3.63) is 29.3 Å². The third-order valence-corrected chi connectivity index (χ3v) is 7.00. The second-order valence-electron chi connectivity index (χ2n) is 9.58. The van der Waals surface area contributed by atoms with Crippen LogP contribution in [0.15, 0.2) is 18.2 Å². The van der Waals surface area contributed by atoms with Gasteiger partial charge in [-0.25, -0.2) is 0 Å². The summed E-state index contributed by atoms with van der Waals surface area (Å²) in [7, 11) is 1.79. The summed E-state index contributed by atoms with van der Waals surface area (Å²) in [5.41, 5.74) is 2.38. The lowest BCUT2D eigenvalue weighted by Gasteiger charge is -2.31. The number of carbonyl (C=O) groups is 3. The van der Waals surface area contributed by atoms with Gasteiger partial charge in [0.15, 0.2) is 0 Å². The van der Waals surface area contributed by atoms with Gasteiger partial charge in [-0.15, -0.1) is 0 Å². The van der Waals surface area contributed by atoms with Crippen molar-refractivity contribution in [2.75, 3.05) is 18.5 Å². The summed E-state index contributed by atoms with van der Waals surface area (Å²) in [6.45, 7) is 4.90. The van der Waals surface area contributed by atoms with Crippen LogP contribution in [0, 0.1) is 11.8 Å². The lowest BCUT2D eigenvalue weighted by atomic mass is 9.80. The Hall–Kier alpha value is -2.17. The highest BCUT2D eigenvalue weighted by molar-refractivity contribution is 5.99. The SMILES string of the molecule is CCCCCNC(=O)c1ccc2c(c1)N(C)C(=O)CC(C)CC2CC(=O)C1CCCC1. The fourth-order valence-electron chi connectivity index (χ4n) is 5.12. The van der Waals surface area contributed by atoms with E-state index >= 15 is 0 Å². The molecule has 5 heteroatoms. The largest absolute Gasteiger partial charge is 0.352 e. The van der Waals surface area contributed by atoms with Gasteiger partial charge in [0.05, 0.1) is 0 Å². The Labute approximate surface area is 187 Å². The summed E-state index contributed by atoms with van der Waals surface area (Å²) >= 11 is 0. The van der Waals surface area contributed by atoms with Crippen molar-refractivity contribution < 1.29 is 14.4 Å². The van der Waals surface area contributed by atoms with Crippen molar-refractivity contribution in [3.63, 3.8) is 0 Å². The molecule has 0 radical (unpaired) electrons. The van der Waals surface area contributed by atoms with Gasteiger partial charge in [0.2, 0.25) is 5.91 Å². The van der Waals surface area contributed by atoms with Gasteiger partial charge in [-0.1, -0.05) is 45.6 Å². The summed E-state index contributed by atoms with van der Waals surface area (Å²) < 4.78 is 0. The Balaban J connectivity index is 1.85. The molecule has 3 rings (SSSR count). The zero-order valence-electron chi connectivity index (χ0n) is 19.4. The molecule has 1 N–H and O–H groups in total. The van der Waals surface area contributed by atoms with Crippen LogP contribution in [0.1, 0.15) is 99.9 Å². The number of benzene rings is 1. The minimum atomic E-state index is -0.103. The van der Waals surface area contributed by atoms with Crippen molar-refractivity contribution in [1.82, 2.24) is 5.32 Å². The Morgan fingerprint density at radius 2 is 1.90 bits per heavy atom. The molecule has 1 fully saturated rings. The van der Waals surface area contributed by atoms with Crippen molar-refractivity contribution in [2.45, 2.75) is 84.0 Å². The minimum absolute atomic E-state index is 0.0647. The van der Waals surface area contributed by atoms with Crippen molar-refractivity contribution in [3.8, 4) is 0 Å². The van der Waals surface area contributed by atoms with E-state index in [9.17, 15) is 14.4 Å². The van der Waals surface area contributed by atoms with Gasteiger partial charge >= 0.3 is 0 Å². The standard InChI is InChI=1S/C26H38N2O3/c1-4-5-8-13-27-26(31)20-11-12-22-21(17-24(29)19-9-6-7-10-19)14-18(2)15-25(30)28(3)23(22)16-20/h11-12,16,18-19,21H,4-10,13-15,17H2,1-3H3,(H,27,31). The second kappa shape index (κ2) is 10.9. The van der Waals surface area contributed by atoms with E-state index in [0.29, 0.717) is 30.7 Å². The van der Waals surface area contributed by atoms with Gasteiger partial charge in [-0.05, 0) is 55.2 Å². The Morgan fingerprint density at radius 1 is 1.16 bits per heavy atom. The molecule has 0 bridgehead atoms. The molecule has 170 valence electrons. The maximum absolute atomic E-state index is 13.0. The number of rotatable bonds is 8. The van der Waals surface area contributed by atoms with Crippen LogP contribution in [-0.4, -0.2) is 31.2 Å². The molecule has 5 nitrogen and oxygen atoms in total. The molecule has 0 saturated heterocycles. The van der Waals surface area contributed by atoms with Gasteiger partial charge in [0, 0.05) is 43.6 Å². The zero-order valence-corrected chi connectivity index (χ0v) is 19.4. The second-order valence-corrected chi connectivity index (χ2v) is 9.58. The molecular formula is C26H38N2O3. The summed E-state index contributed by atoms with van der Waals surface area (Å²) in [5, 5.41) is 2.99. The molecule has 2 atom stereocenters. The van der Waals surface area contributed by atoms with Crippen LogP contribution in [0.3, 0.4) is 0 Å². The lowest BCUT2D eigenvalue weighted by molar-refractivity contribution is -0.123. The van der Waals surface area contributed by atoms with Gasteiger partial charge in [0.25, 0.3) is 5.91 Å². The maximum atomic E-state index is 13.0. The number of fused-ring (bicyclic) bond motifs is 1. The third-order valence-electron chi connectivity index (χ3n) is 7.00. The first kappa shape index (κ1) is 23.5. The highest BCUT2D eigenvalue weighted by Gasteiger charge is 2.31. The van der Waals surface area contributed by atoms with Crippen LogP contribution in [0.4, 0.5) is 5.69 Å². The number of anilines is 1. The smallest absolute Gasteiger partial charge is 0.251 e. The van der Waals surface area contributed by atoms with Gasteiger partial charge in [-0.3, -0.25) is 14.4 Å².